The Bertz CT molecular complexity index is 544. The molecule has 0 spiro atoms. The van der Waals surface area contributed by atoms with Crippen LogP contribution in [0.15, 0.2) is 54.6 Å². The van der Waals surface area contributed by atoms with E-state index >= 15 is 0 Å². The maximum Gasteiger partial charge on any atom is 0.0615 e. The first-order valence-electron chi connectivity index (χ1n) is 7.55. The summed E-state index contributed by atoms with van der Waals surface area (Å²) >= 11 is 6.71. The molecule has 0 heterocycles. The minimum Gasteiger partial charge on any atom is -0.118 e. The number of hydrogen-bond acceptors (Lipinski definition) is 0. The van der Waals surface area contributed by atoms with Gasteiger partial charge in [0.2, 0.25) is 0 Å². The van der Waals surface area contributed by atoms with Crippen molar-refractivity contribution >= 4 is 11.6 Å². The molecule has 2 aromatic rings. The van der Waals surface area contributed by atoms with Crippen LogP contribution in [0.25, 0.3) is 11.1 Å². The van der Waals surface area contributed by atoms with E-state index in [4.69, 9.17) is 11.6 Å². The monoisotopic (exact) mass is 284 g/mol. The summed E-state index contributed by atoms with van der Waals surface area (Å²) < 4.78 is 0. The molecule has 0 nitrogen and oxygen atoms in total. The van der Waals surface area contributed by atoms with Gasteiger partial charge in [-0.25, -0.2) is 0 Å². The third kappa shape index (κ3) is 2.76. The Morgan fingerprint density at radius 3 is 2.15 bits per heavy atom. The first kappa shape index (κ1) is 13.7. The quantitative estimate of drug-likeness (QED) is 0.600. The zero-order chi connectivity index (χ0) is 13.9. The maximum atomic E-state index is 6.71. The highest BCUT2D eigenvalue weighted by Crippen LogP contribution is 2.43. The minimum atomic E-state index is 0.164. The van der Waals surface area contributed by atoms with Crippen molar-refractivity contribution in [2.24, 2.45) is 11.8 Å². The Balaban J connectivity index is 1.79. The van der Waals surface area contributed by atoms with Crippen molar-refractivity contribution < 1.29 is 0 Å². The summed E-state index contributed by atoms with van der Waals surface area (Å²) in [6.07, 6.45) is 3.93. The van der Waals surface area contributed by atoms with Gasteiger partial charge < -0.3 is 0 Å². The summed E-state index contributed by atoms with van der Waals surface area (Å²) in [4.78, 5) is 0. The molecule has 3 atom stereocenters. The van der Waals surface area contributed by atoms with Crippen LogP contribution in [0.1, 0.15) is 37.1 Å². The Hall–Kier alpha value is -1.27. The molecule has 1 aliphatic carbocycles. The molecule has 104 valence electrons. The van der Waals surface area contributed by atoms with Crippen LogP contribution in [-0.4, -0.2) is 0 Å². The van der Waals surface area contributed by atoms with Crippen LogP contribution in [0.2, 0.25) is 0 Å². The van der Waals surface area contributed by atoms with Gasteiger partial charge in [0.25, 0.3) is 0 Å². The highest BCUT2D eigenvalue weighted by molar-refractivity contribution is 6.21. The molecule has 0 radical (unpaired) electrons. The standard InChI is InChI=1S/C19H21Cl/c1-14-6-5-9-18(14)19(20)17-12-10-16(11-13-17)15-7-3-2-4-8-15/h2-4,7-8,10-14,18-19H,5-6,9H2,1H3. The van der Waals surface area contributed by atoms with Gasteiger partial charge in [-0.15, -0.1) is 11.6 Å². The lowest BCUT2D eigenvalue weighted by Crippen LogP contribution is -2.10. The minimum absolute atomic E-state index is 0.164. The second-order valence-electron chi connectivity index (χ2n) is 5.96. The van der Waals surface area contributed by atoms with Crippen LogP contribution in [0.3, 0.4) is 0 Å². The highest BCUT2D eigenvalue weighted by atomic mass is 35.5. The third-order valence-electron chi connectivity index (χ3n) is 4.64. The Labute approximate surface area is 126 Å². The van der Waals surface area contributed by atoms with Gasteiger partial charge in [0, 0.05) is 0 Å². The van der Waals surface area contributed by atoms with E-state index in [9.17, 15) is 0 Å². The van der Waals surface area contributed by atoms with Gasteiger partial charge in [-0.2, -0.15) is 0 Å². The molecule has 0 aliphatic heterocycles. The highest BCUT2D eigenvalue weighted by Gasteiger charge is 2.30. The first-order valence-corrected chi connectivity index (χ1v) is 7.99. The van der Waals surface area contributed by atoms with E-state index in [-0.39, 0.29) is 5.38 Å². The van der Waals surface area contributed by atoms with Crippen LogP contribution >= 0.6 is 11.6 Å². The molecule has 3 unspecified atom stereocenters. The molecule has 1 saturated carbocycles. The van der Waals surface area contributed by atoms with Gasteiger partial charge >= 0.3 is 0 Å². The van der Waals surface area contributed by atoms with Crippen LogP contribution < -0.4 is 0 Å². The topological polar surface area (TPSA) is 0 Å². The lowest BCUT2D eigenvalue weighted by Gasteiger charge is -2.22. The van der Waals surface area contributed by atoms with Crippen LogP contribution in [-0.2, 0) is 0 Å². The fourth-order valence-corrected chi connectivity index (χ4v) is 3.87. The molecule has 0 aromatic heterocycles. The summed E-state index contributed by atoms with van der Waals surface area (Å²) in [7, 11) is 0. The van der Waals surface area contributed by atoms with Crippen molar-refractivity contribution in [2.75, 3.05) is 0 Å². The predicted octanol–water partition coefficient (Wildman–Crippen LogP) is 6.07. The zero-order valence-electron chi connectivity index (χ0n) is 11.9. The summed E-state index contributed by atoms with van der Waals surface area (Å²) in [6.45, 7) is 2.34. The van der Waals surface area contributed by atoms with E-state index in [1.54, 1.807) is 0 Å². The number of alkyl halides is 1. The molecule has 20 heavy (non-hydrogen) atoms. The average Bonchev–Trinajstić information content (AvgIpc) is 2.94. The molecular formula is C19H21Cl. The van der Waals surface area contributed by atoms with E-state index in [0.29, 0.717) is 5.92 Å². The zero-order valence-corrected chi connectivity index (χ0v) is 12.7. The predicted molar refractivity (Wildman–Crippen MR) is 87.0 cm³/mol. The van der Waals surface area contributed by atoms with Crippen LogP contribution in [0.4, 0.5) is 0 Å². The van der Waals surface area contributed by atoms with E-state index in [1.807, 2.05) is 6.07 Å². The van der Waals surface area contributed by atoms with Gasteiger partial charge in [0.15, 0.2) is 0 Å². The molecule has 0 amide bonds. The molecule has 0 bridgehead atoms. The summed E-state index contributed by atoms with van der Waals surface area (Å²) in [5.74, 6) is 1.39. The first-order chi connectivity index (χ1) is 9.75. The molecule has 2 aromatic carbocycles. The van der Waals surface area contributed by atoms with E-state index < -0.39 is 0 Å². The molecular weight excluding hydrogens is 264 g/mol. The molecule has 0 N–H and O–H groups in total. The van der Waals surface area contributed by atoms with Crippen molar-refractivity contribution in [3.8, 4) is 11.1 Å². The van der Waals surface area contributed by atoms with E-state index in [2.05, 4.69) is 55.5 Å². The molecule has 3 rings (SSSR count). The SMILES string of the molecule is CC1CCCC1C(Cl)c1ccc(-c2ccccc2)cc1. The number of halogens is 1. The van der Waals surface area contributed by atoms with Gasteiger partial charge in [-0.3, -0.25) is 0 Å². The Morgan fingerprint density at radius 1 is 0.900 bits per heavy atom. The van der Waals surface area contributed by atoms with E-state index in [0.717, 1.165) is 5.92 Å². The number of rotatable bonds is 3. The van der Waals surface area contributed by atoms with Gasteiger partial charge in [-0.1, -0.05) is 74.4 Å². The Morgan fingerprint density at radius 2 is 1.55 bits per heavy atom. The largest absolute Gasteiger partial charge is 0.118 e. The summed E-state index contributed by atoms with van der Waals surface area (Å²) in [5, 5.41) is 0.164. The van der Waals surface area contributed by atoms with E-state index in [1.165, 1.54) is 36.0 Å². The summed E-state index contributed by atoms with van der Waals surface area (Å²) in [6, 6.07) is 19.3. The lowest BCUT2D eigenvalue weighted by atomic mass is 9.90. The number of hydrogen-bond donors (Lipinski definition) is 0. The van der Waals surface area contributed by atoms with Crippen LogP contribution in [0.5, 0.6) is 0 Å². The normalized spacial score (nSPS) is 23.7. The smallest absolute Gasteiger partial charge is 0.0615 e. The van der Waals surface area contributed by atoms with Crippen molar-refractivity contribution in [2.45, 2.75) is 31.6 Å². The Kier molecular flexibility index (Phi) is 4.12. The number of benzene rings is 2. The van der Waals surface area contributed by atoms with Gasteiger partial charge in [0.1, 0.15) is 0 Å². The van der Waals surface area contributed by atoms with Crippen molar-refractivity contribution in [1.82, 2.24) is 0 Å². The molecule has 1 fully saturated rings. The van der Waals surface area contributed by atoms with Crippen LogP contribution in [0, 0.1) is 11.8 Å². The maximum absolute atomic E-state index is 6.71. The molecule has 1 heteroatoms. The van der Waals surface area contributed by atoms with Gasteiger partial charge in [0.05, 0.1) is 5.38 Å². The van der Waals surface area contributed by atoms with Crippen molar-refractivity contribution in [3.63, 3.8) is 0 Å². The lowest BCUT2D eigenvalue weighted by molar-refractivity contribution is 0.406. The fourth-order valence-electron chi connectivity index (χ4n) is 3.35. The van der Waals surface area contributed by atoms with Gasteiger partial charge in [-0.05, 0) is 34.9 Å². The fraction of sp³-hybridized carbons (Fsp3) is 0.368. The summed E-state index contributed by atoms with van der Waals surface area (Å²) in [5.41, 5.74) is 3.79. The third-order valence-corrected chi connectivity index (χ3v) is 5.22. The second-order valence-corrected chi connectivity index (χ2v) is 6.43. The van der Waals surface area contributed by atoms with Crippen molar-refractivity contribution in [1.29, 1.82) is 0 Å². The van der Waals surface area contributed by atoms with Crippen molar-refractivity contribution in [3.05, 3.63) is 60.2 Å². The average molecular weight is 285 g/mol. The molecule has 0 saturated heterocycles. The second kappa shape index (κ2) is 6.01. The molecule has 1 aliphatic rings.